The van der Waals surface area contributed by atoms with Crippen LogP contribution in [0, 0.1) is 0 Å². The zero-order valence-electron chi connectivity index (χ0n) is 12.3. The molecule has 1 aromatic rings. The molecule has 130 valence electrons. The van der Waals surface area contributed by atoms with Gasteiger partial charge >= 0.3 is 12.1 Å². The van der Waals surface area contributed by atoms with Gasteiger partial charge in [0.2, 0.25) is 5.91 Å². The Hall–Kier alpha value is -2.23. The molecular weight excluding hydrogens is 349 g/mol. The molecule has 2 unspecified atom stereocenters. The number of ether oxygens (including phenoxy) is 1. The van der Waals surface area contributed by atoms with E-state index in [1.807, 2.05) is 0 Å². The van der Waals surface area contributed by atoms with Crippen molar-refractivity contribution in [2.75, 3.05) is 5.32 Å². The molecule has 2 rings (SSSR count). The lowest BCUT2D eigenvalue weighted by atomic mass is 10.1. The van der Waals surface area contributed by atoms with Crippen molar-refractivity contribution in [3.8, 4) is 0 Å². The number of carbonyl (C=O) groups excluding carboxylic acids is 3. The van der Waals surface area contributed by atoms with E-state index < -0.39 is 40.9 Å². The number of nitrogens with one attached hydrogen (secondary N) is 1. The minimum atomic E-state index is -4.52. The van der Waals surface area contributed by atoms with Gasteiger partial charge in [0.1, 0.15) is 0 Å². The van der Waals surface area contributed by atoms with E-state index in [1.165, 1.54) is 13.0 Å². The molecule has 10 heteroatoms. The summed E-state index contributed by atoms with van der Waals surface area (Å²) in [6.07, 6.45) is -5.99. The first-order valence-corrected chi connectivity index (χ1v) is 7.63. The largest absolute Gasteiger partial charge is 0.453 e. The molecule has 24 heavy (non-hydrogen) atoms. The quantitative estimate of drug-likeness (QED) is 0.798. The summed E-state index contributed by atoms with van der Waals surface area (Å²) in [6, 6.07) is 2.96. The van der Waals surface area contributed by atoms with Gasteiger partial charge in [-0.2, -0.15) is 13.2 Å². The molecule has 0 fully saturated rings. The minimum absolute atomic E-state index is 0.0370. The van der Waals surface area contributed by atoms with Gasteiger partial charge in [0, 0.05) is 4.90 Å². The number of anilines is 1. The zero-order valence-corrected chi connectivity index (χ0v) is 13.2. The maximum absolute atomic E-state index is 12.7. The predicted molar refractivity (Wildman–Crippen MR) is 79.1 cm³/mol. The molecule has 0 bridgehead atoms. The highest BCUT2D eigenvalue weighted by molar-refractivity contribution is 8.01. The van der Waals surface area contributed by atoms with E-state index in [4.69, 9.17) is 10.5 Å². The van der Waals surface area contributed by atoms with E-state index in [2.05, 4.69) is 5.32 Å². The standard InChI is InChI=1S/C14H13F3N2O4S/c1-6(12(18)21)23-11(20)5-10-13(22)19-8-4-7(14(15,16)17)2-3-9(8)24-10/h2-4,6,10H,5H2,1H3,(H2,18,21)(H,19,22). The Balaban J connectivity index is 2.09. The number of carbonyl (C=O) groups is 3. The number of hydrogen-bond acceptors (Lipinski definition) is 5. The Morgan fingerprint density at radius 1 is 1.42 bits per heavy atom. The topological polar surface area (TPSA) is 98.5 Å². The van der Waals surface area contributed by atoms with Gasteiger partial charge in [-0.25, -0.2) is 0 Å². The molecule has 0 radical (unpaired) electrons. The van der Waals surface area contributed by atoms with Gasteiger partial charge in [0.05, 0.1) is 22.9 Å². The van der Waals surface area contributed by atoms with Gasteiger partial charge in [0.25, 0.3) is 5.91 Å². The summed E-state index contributed by atoms with van der Waals surface area (Å²) in [5.74, 6) is -2.24. The van der Waals surface area contributed by atoms with Gasteiger partial charge in [-0.3, -0.25) is 14.4 Å². The summed E-state index contributed by atoms with van der Waals surface area (Å²) in [6.45, 7) is 1.29. The summed E-state index contributed by atoms with van der Waals surface area (Å²) in [7, 11) is 0. The molecule has 0 saturated heterocycles. The Morgan fingerprint density at radius 2 is 2.08 bits per heavy atom. The molecule has 0 spiro atoms. The highest BCUT2D eigenvalue weighted by Crippen LogP contribution is 2.40. The Labute approximate surface area is 138 Å². The van der Waals surface area contributed by atoms with Crippen LogP contribution in [-0.4, -0.2) is 29.1 Å². The van der Waals surface area contributed by atoms with E-state index >= 15 is 0 Å². The number of esters is 1. The lowest BCUT2D eigenvalue weighted by Crippen LogP contribution is -2.35. The number of benzene rings is 1. The number of nitrogens with two attached hydrogens (primary N) is 1. The summed E-state index contributed by atoms with van der Waals surface area (Å²) in [5, 5.41) is 1.47. The van der Waals surface area contributed by atoms with Crippen molar-refractivity contribution in [1.29, 1.82) is 0 Å². The molecule has 1 aromatic carbocycles. The zero-order chi connectivity index (χ0) is 18.1. The predicted octanol–water partition coefficient (Wildman–Crippen LogP) is 1.93. The van der Waals surface area contributed by atoms with Crippen LogP contribution in [0.15, 0.2) is 23.1 Å². The molecule has 2 atom stereocenters. The van der Waals surface area contributed by atoms with Gasteiger partial charge in [0.15, 0.2) is 6.10 Å². The Morgan fingerprint density at radius 3 is 2.67 bits per heavy atom. The van der Waals surface area contributed by atoms with Crippen molar-refractivity contribution in [2.45, 2.75) is 35.8 Å². The van der Waals surface area contributed by atoms with E-state index in [1.54, 1.807) is 0 Å². The van der Waals surface area contributed by atoms with Gasteiger partial charge < -0.3 is 15.8 Å². The first-order chi connectivity index (χ1) is 11.1. The molecule has 2 amide bonds. The third kappa shape index (κ3) is 4.19. The number of alkyl halides is 3. The molecule has 0 aromatic heterocycles. The average Bonchev–Trinajstić information content (AvgIpc) is 2.46. The molecule has 0 saturated carbocycles. The van der Waals surface area contributed by atoms with E-state index in [-0.39, 0.29) is 12.1 Å². The van der Waals surface area contributed by atoms with Crippen LogP contribution in [-0.2, 0) is 25.3 Å². The molecular formula is C14H13F3N2O4S. The van der Waals surface area contributed by atoms with Crippen LogP contribution in [0.3, 0.4) is 0 Å². The van der Waals surface area contributed by atoms with Crippen LogP contribution in [0.2, 0.25) is 0 Å². The maximum Gasteiger partial charge on any atom is 0.416 e. The van der Waals surface area contributed by atoms with Gasteiger partial charge in [-0.1, -0.05) is 0 Å². The van der Waals surface area contributed by atoms with E-state index in [0.717, 1.165) is 23.9 Å². The summed E-state index contributed by atoms with van der Waals surface area (Å²) >= 11 is 0.952. The summed E-state index contributed by atoms with van der Waals surface area (Å²) in [4.78, 5) is 34.9. The summed E-state index contributed by atoms with van der Waals surface area (Å²) < 4.78 is 42.8. The highest BCUT2D eigenvalue weighted by Gasteiger charge is 2.34. The van der Waals surface area contributed by atoms with E-state index in [9.17, 15) is 27.6 Å². The maximum atomic E-state index is 12.7. The van der Waals surface area contributed by atoms with Crippen molar-refractivity contribution in [3.63, 3.8) is 0 Å². The van der Waals surface area contributed by atoms with Crippen LogP contribution in [0.25, 0.3) is 0 Å². The van der Waals surface area contributed by atoms with Gasteiger partial charge in [-0.15, -0.1) is 11.8 Å². The number of halogens is 3. The van der Waals surface area contributed by atoms with Gasteiger partial charge in [-0.05, 0) is 25.1 Å². The van der Waals surface area contributed by atoms with Crippen molar-refractivity contribution in [1.82, 2.24) is 0 Å². The normalized spacial score (nSPS) is 18.3. The average molecular weight is 362 g/mol. The smallest absolute Gasteiger partial charge is 0.416 e. The minimum Gasteiger partial charge on any atom is -0.453 e. The van der Waals surface area contributed by atoms with Crippen LogP contribution in [0.4, 0.5) is 18.9 Å². The molecule has 3 N–H and O–H groups in total. The SMILES string of the molecule is CC(OC(=O)CC1Sc2ccc(C(F)(F)F)cc2NC1=O)C(N)=O. The molecule has 1 heterocycles. The Bertz CT molecular complexity index is 693. The fraction of sp³-hybridized carbons (Fsp3) is 0.357. The lowest BCUT2D eigenvalue weighted by Gasteiger charge is -2.24. The number of thioether (sulfide) groups is 1. The second kappa shape index (κ2) is 6.71. The van der Waals surface area contributed by atoms with Crippen molar-refractivity contribution >= 4 is 35.2 Å². The van der Waals surface area contributed by atoms with Crippen LogP contribution in [0.1, 0.15) is 18.9 Å². The summed E-state index contributed by atoms with van der Waals surface area (Å²) in [5.41, 5.74) is 4.12. The number of hydrogen-bond donors (Lipinski definition) is 2. The first kappa shape index (κ1) is 18.1. The van der Waals surface area contributed by atoms with Crippen molar-refractivity contribution in [2.24, 2.45) is 5.73 Å². The number of fused-ring (bicyclic) bond motifs is 1. The fourth-order valence-corrected chi connectivity index (χ4v) is 2.99. The third-order valence-electron chi connectivity index (χ3n) is 3.19. The first-order valence-electron chi connectivity index (χ1n) is 6.75. The van der Waals surface area contributed by atoms with E-state index in [0.29, 0.717) is 4.90 Å². The highest BCUT2D eigenvalue weighted by atomic mass is 32.2. The second-order valence-electron chi connectivity index (χ2n) is 5.04. The molecule has 0 aliphatic carbocycles. The van der Waals surface area contributed by atoms with Crippen LogP contribution >= 0.6 is 11.8 Å². The molecule has 1 aliphatic heterocycles. The Kier molecular flexibility index (Phi) is 5.07. The second-order valence-corrected chi connectivity index (χ2v) is 6.29. The van der Waals surface area contributed by atoms with Crippen molar-refractivity contribution in [3.05, 3.63) is 23.8 Å². The fourth-order valence-electron chi connectivity index (χ4n) is 1.92. The van der Waals surface area contributed by atoms with Crippen LogP contribution in [0.5, 0.6) is 0 Å². The lowest BCUT2D eigenvalue weighted by molar-refractivity contribution is -0.154. The number of primary amides is 1. The molecule has 1 aliphatic rings. The van der Waals surface area contributed by atoms with Crippen LogP contribution < -0.4 is 11.1 Å². The number of amides is 2. The third-order valence-corrected chi connectivity index (χ3v) is 4.46. The monoisotopic (exact) mass is 362 g/mol. The molecule has 6 nitrogen and oxygen atoms in total. The van der Waals surface area contributed by atoms with Crippen molar-refractivity contribution < 1.29 is 32.3 Å². The number of rotatable bonds is 4.